The molecule has 0 atom stereocenters. The van der Waals surface area contributed by atoms with Crippen LogP contribution in [-0.4, -0.2) is 21.5 Å². The fourth-order valence-corrected chi connectivity index (χ4v) is 5.52. The van der Waals surface area contributed by atoms with Crippen molar-refractivity contribution in [1.82, 2.24) is 14.9 Å². The molecular formula is C26H36ClN3O. The third-order valence-corrected chi connectivity index (χ3v) is 7.54. The van der Waals surface area contributed by atoms with Crippen LogP contribution in [0.5, 0.6) is 0 Å². The lowest BCUT2D eigenvalue weighted by Gasteiger charge is -2.23. The van der Waals surface area contributed by atoms with E-state index in [0.29, 0.717) is 10.7 Å². The molecule has 2 aliphatic carbocycles. The third kappa shape index (κ3) is 5.34. The molecule has 2 aliphatic rings. The van der Waals surface area contributed by atoms with E-state index >= 15 is 0 Å². The van der Waals surface area contributed by atoms with Crippen molar-refractivity contribution in [3.63, 3.8) is 0 Å². The number of imidazole rings is 1. The van der Waals surface area contributed by atoms with Crippen molar-refractivity contribution in [2.75, 3.05) is 0 Å². The Morgan fingerprint density at radius 3 is 2.45 bits per heavy atom. The first-order valence-corrected chi connectivity index (χ1v) is 12.5. The number of benzene rings is 1. The number of carbonyl (C=O) groups excluding carboxylic acids is 1. The molecule has 4 nitrogen and oxygen atoms in total. The summed E-state index contributed by atoms with van der Waals surface area (Å²) in [5.41, 5.74) is 3.70. The standard InChI is InChI=1S/C26H36ClN3O/c1-18-13-14-21(27)17-23(18)25-29-24(26(31)28-22-11-7-4-8-12-22)19(2)30(25)16-15-20-9-5-3-6-10-20/h13-14,17,20,22H,3-12,15-16H2,1-2H3,(H,28,31). The van der Waals surface area contributed by atoms with Gasteiger partial charge < -0.3 is 9.88 Å². The van der Waals surface area contributed by atoms with Gasteiger partial charge in [0, 0.05) is 28.9 Å². The van der Waals surface area contributed by atoms with Crippen LogP contribution in [0.15, 0.2) is 18.2 Å². The van der Waals surface area contributed by atoms with Gasteiger partial charge in [-0.2, -0.15) is 0 Å². The number of nitrogens with one attached hydrogen (secondary N) is 1. The molecule has 4 rings (SSSR count). The smallest absolute Gasteiger partial charge is 0.271 e. The summed E-state index contributed by atoms with van der Waals surface area (Å²) in [6.45, 7) is 5.04. The van der Waals surface area contributed by atoms with Gasteiger partial charge in [-0.3, -0.25) is 4.79 Å². The highest BCUT2D eigenvalue weighted by Crippen LogP contribution is 2.31. The quantitative estimate of drug-likeness (QED) is 0.532. The molecule has 1 amide bonds. The molecular weight excluding hydrogens is 406 g/mol. The van der Waals surface area contributed by atoms with Crippen LogP contribution < -0.4 is 5.32 Å². The minimum absolute atomic E-state index is 0.0262. The fourth-order valence-electron chi connectivity index (χ4n) is 5.35. The minimum atomic E-state index is -0.0262. The molecule has 1 aromatic carbocycles. The van der Waals surface area contributed by atoms with Crippen LogP contribution >= 0.6 is 11.6 Å². The Bertz CT molecular complexity index is 908. The van der Waals surface area contributed by atoms with Gasteiger partial charge in [0.15, 0.2) is 0 Å². The molecule has 2 fully saturated rings. The number of hydrogen-bond acceptors (Lipinski definition) is 2. The largest absolute Gasteiger partial charge is 0.348 e. The zero-order chi connectivity index (χ0) is 21.8. The van der Waals surface area contributed by atoms with Crippen molar-refractivity contribution < 1.29 is 4.79 Å². The van der Waals surface area contributed by atoms with Crippen molar-refractivity contribution in [3.8, 4) is 11.4 Å². The predicted molar refractivity (Wildman–Crippen MR) is 128 cm³/mol. The molecule has 31 heavy (non-hydrogen) atoms. The third-order valence-electron chi connectivity index (χ3n) is 7.30. The van der Waals surface area contributed by atoms with E-state index in [0.717, 1.165) is 54.4 Å². The second-order valence-electron chi connectivity index (χ2n) is 9.58. The Morgan fingerprint density at radius 1 is 1.06 bits per heavy atom. The summed E-state index contributed by atoms with van der Waals surface area (Å²) in [5, 5.41) is 3.96. The van der Waals surface area contributed by atoms with E-state index in [1.807, 2.05) is 25.1 Å². The summed E-state index contributed by atoms with van der Waals surface area (Å²) in [7, 11) is 0. The maximum absolute atomic E-state index is 13.2. The van der Waals surface area contributed by atoms with E-state index in [9.17, 15) is 4.79 Å². The molecule has 0 unspecified atom stereocenters. The molecule has 0 radical (unpaired) electrons. The van der Waals surface area contributed by atoms with E-state index in [4.69, 9.17) is 16.6 Å². The van der Waals surface area contributed by atoms with Crippen LogP contribution in [0.4, 0.5) is 0 Å². The van der Waals surface area contributed by atoms with Crippen LogP contribution in [0.25, 0.3) is 11.4 Å². The average Bonchev–Trinajstić information content (AvgIpc) is 3.11. The Balaban J connectivity index is 1.63. The maximum Gasteiger partial charge on any atom is 0.271 e. The molecule has 168 valence electrons. The molecule has 2 aromatic rings. The fraction of sp³-hybridized carbons (Fsp3) is 0.615. The van der Waals surface area contributed by atoms with E-state index in [2.05, 4.69) is 16.8 Å². The Morgan fingerprint density at radius 2 is 1.74 bits per heavy atom. The summed E-state index contributed by atoms with van der Waals surface area (Å²) < 4.78 is 2.27. The lowest BCUT2D eigenvalue weighted by atomic mass is 9.87. The van der Waals surface area contributed by atoms with Crippen LogP contribution in [0.2, 0.25) is 5.02 Å². The summed E-state index contributed by atoms with van der Waals surface area (Å²) in [5.74, 6) is 1.63. The SMILES string of the molecule is Cc1ccc(Cl)cc1-c1nc(C(=O)NC2CCCCC2)c(C)n1CCC1CCCCC1. The van der Waals surface area contributed by atoms with Gasteiger partial charge in [0.1, 0.15) is 11.5 Å². The van der Waals surface area contributed by atoms with E-state index in [1.165, 1.54) is 51.4 Å². The number of hydrogen-bond donors (Lipinski definition) is 1. The first kappa shape index (κ1) is 22.4. The van der Waals surface area contributed by atoms with Crippen LogP contribution in [0.1, 0.15) is 92.4 Å². The van der Waals surface area contributed by atoms with Gasteiger partial charge in [0.25, 0.3) is 5.91 Å². The van der Waals surface area contributed by atoms with Crippen molar-refractivity contribution in [2.45, 2.75) is 97.1 Å². The summed E-state index contributed by atoms with van der Waals surface area (Å²) in [6.07, 6.45) is 13.7. The number of carbonyl (C=O) groups is 1. The molecule has 1 N–H and O–H groups in total. The van der Waals surface area contributed by atoms with Crippen LogP contribution in [0.3, 0.4) is 0 Å². The highest BCUT2D eigenvalue weighted by molar-refractivity contribution is 6.30. The van der Waals surface area contributed by atoms with Crippen molar-refractivity contribution >= 4 is 17.5 Å². The predicted octanol–water partition coefficient (Wildman–Crippen LogP) is 6.85. The topological polar surface area (TPSA) is 46.9 Å². The monoisotopic (exact) mass is 441 g/mol. The molecule has 0 bridgehead atoms. The first-order chi connectivity index (χ1) is 15.0. The molecule has 5 heteroatoms. The zero-order valence-corrected chi connectivity index (χ0v) is 19.8. The van der Waals surface area contributed by atoms with Gasteiger partial charge in [-0.25, -0.2) is 4.98 Å². The molecule has 0 spiro atoms. The number of amides is 1. The molecule has 0 aliphatic heterocycles. The molecule has 0 saturated heterocycles. The number of halogens is 1. The Labute approximate surface area is 191 Å². The van der Waals surface area contributed by atoms with Crippen molar-refractivity contribution in [1.29, 1.82) is 0 Å². The summed E-state index contributed by atoms with van der Waals surface area (Å²) in [6, 6.07) is 6.22. The van der Waals surface area contributed by atoms with Gasteiger partial charge in [-0.15, -0.1) is 0 Å². The Hall–Kier alpha value is -1.81. The molecule has 1 aromatic heterocycles. The lowest BCUT2D eigenvalue weighted by molar-refractivity contribution is 0.0922. The average molecular weight is 442 g/mol. The van der Waals surface area contributed by atoms with Crippen LogP contribution in [-0.2, 0) is 6.54 Å². The zero-order valence-electron chi connectivity index (χ0n) is 19.1. The van der Waals surface area contributed by atoms with Gasteiger partial charge in [0.05, 0.1) is 0 Å². The molecule has 1 heterocycles. The number of nitrogens with zero attached hydrogens (tertiary/aromatic N) is 2. The number of aromatic nitrogens is 2. The lowest BCUT2D eigenvalue weighted by Crippen LogP contribution is -2.36. The van der Waals surface area contributed by atoms with Gasteiger partial charge in [-0.05, 0) is 56.7 Å². The summed E-state index contributed by atoms with van der Waals surface area (Å²) in [4.78, 5) is 18.1. The number of rotatable bonds is 6. The minimum Gasteiger partial charge on any atom is -0.348 e. The van der Waals surface area contributed by atoms with Crippen LogP contribution in [0, 0.1) is 19.8 Å². The highest BCUT2D eigenvalue weighted by atomic mass is 35.5. The van der Waals surface area contributed by atoms with Gasteiger partial charge in [-0.1, -0.05) is 69.0 Å². The Kier molecular flexibility index (Phi) is 7.37. The number of aryl methyl sites for hydroxylation is 1. The van der Waals surface area contributed by atoms with E-state index in [-0.39, 0.29) is 11.9 Å². The van der Waals surface area contributed by atoms with Crippen molar-refractivity contribution in [3.05, 3.63) is 40.2 Å². The van der Waals surface area contributed by atoms with E-state index in [1.54, 1.807) is 0 Å². The first-order valence-electron chi connectivity index (χ1n) is 12.2. The second kappa shape index (κ2) is 10.2. The van der Waals surface area contributed by atoms with Gasteiger partial charge in [0.2, 0.25) is 0 Å². The highest BCUT2D eigenvalue weighted by Gasteiger charge is 2.25. The second-order valence-corrected chi connectivity index (χ2v) is 10.0. The molecule has 2 saturated carbocycles. The normalized spacial score (nSPS) is 18.3. The van der Waals surface area contributed by atoms with Crippen molar-refractivity contribution in [2.24, 2.45) is 5.92 Å². The van der Waals surface area contributed by atoms with Gasteiger partial charge >= 0.3 is 0 Å². The maximum atomic E-state index is 13.2. The summed E-state index contributed by atoms with van der Waals surface area (Å²) >= 11 is 6.34. The van der Waals surface area contributed by atoms with E-state index < -0.39 is 0 Å².